The van der Waals surface area contributed by atoms with E-state index in [1.54, 1.807) is 72.8 Å². The molecular weight excluding hydrogens is 666 g/mol. The Morgan fingerprint density at radius 1 is 1.00 bits per heavy atom. The fourth-order valence-electron chi connectivity index (χ4n) is 5.26. The molecule has 0 aliphatic carbocycles. The highest BCUT2D eigenvalue weighted by Gasteiger charge is 2.54. The molecule has 0 saturated carbocycles. The lowest BCUT2D eigenvalue weighted by Crippen LogP contribution is -2.49. The molecule has 0 saturated heterocycles. The predicted octanol–water partition coefficient (Wildman–Crippen LogP) is 6.37. The van der Waals surface area contributed by atoms with Crippen molar-refractivity contribution in [3.63, 3.8) is 0 Å². The average molecular weight is 700 g/mol. The van der Waals surface area contributed by atoms with Crippen molar-refractivity contribution in [1.82, 2.24) is 5.32 Å². The normalized spacial score (nSPS) is 17.5. The minimum absolute atomic E-state index is 0.00179. The van der Waals surface area contributed by atoms with Crippen LogP contribution in [-0.2, 0) is 25.8 Å². The van der Waals surface area contributed by atoms with Crippen LogP contribution in [0.15, 0.2) is 107 Å². The first kappa shape index (κ1) is 34.4. The molecule has 8 nitrogen and oxygen atoms in total. The minimum atomic E-state index is -3.85. The van der Waals surface area contributed by atoms with Crippen molar-refractivity contribution in [3.05, 3.63) is 130 Å². The molecule has 0 bridgehead atoms. The first-order valence-corrected chi connectivity index (χ1v) is 17.4. The molecule has 47 heavy (non-hydrogen) atoms. The van der Waals surface area contributed by atoms with Gasteiger partial charge in [0, 0.05) is 47.2 Å². The summed E-state index contributed by atoms with van der Waals surface area (Å²) < 4.78 is 53.4. The molecule has 246 valence electrons. The fraction of sp³-hybridized carbons (Fsp3) is 0.257. The Balaban J connectivity index is 1.54. The van der Waals surface area contributed by atoms with E-state index >= 15 is 0 Å². The Hall–Kier alpha value is -3.96. The Labute approximate surface area is 283 Å². The molecule has 2 atom stereocenters. The number of carbonyl (C=O) groups excluding carboxylic acids is 1. The summed E-state index contributed by atoms with van der Waals surface area (Å²) in [5, 5.41) is 12.5. The summed E-state index contributed by atoms with van der Waals surface area (Å²) in [6, 6.07) is 25.8. The zero-order valence-electron chi connectivity index (χ0n) is 25.2. The Morgan fingerprint density at radius 3 is 2.43 bits per heavy atom. The number of sulfone groups is 1. The number of nitrogens with one attached hydrogen (secondary N) is 1. The number of hydrogen-bond donors (Lipinski definition) is 2. The van der Waals surface area contributed by atoms with Crippen LogP contribution in [-0.4, -0.2) is 56.4 Å². The maximum atomic E-state index is 14.4. The minimum Gasteiger partial charge on any atom is -0.494 e. The maximum Gasteiger partial charge on any atom is 0.252 e. The summed E-state index contributed by atoms with van der Waals surface area (Å²) in [5.41, 5.74) is -0.471. The smallest absolute Gasteiger partial charge is 0.252 e. The third-order valence-corrected chi connectivity index (χ3v) is 10.1. The Kier molecular flexibility index (Phi) is 11.2. The molecule has 1 aliphatic heterocycles. The van der Waals surface area contributed by atoms with E-state index in [9.17, 15) is 17.6 Å². The second-order valence-electron chi connectivity index (χ2n) is 10.9. The van der Waals surface area contributed by atoms with Gasteiger partial charge in [-0.15, -0.1) is 0 Å². The van der Waals surface area contributed by atoms with E-state index in [0.717, 1.165) is 0 Å². The predicted molar refractivity (Wildman–Crippen MR) is 179 cm³/mol. The number of rotatable bonds is 14. The van der Waals surface area contributed by atoms with E-state index < -0.39 is 39.0 Å². The molecule has 4 aromatic rings. The van der Waals surface area contributed by atoms with E-state index in [-0.39, 0.29) is 41.8 Å². The topological polar surface area (TPSA) is 114 Å². The number of aliphatic hydroxyl groups excluding tert-OH is 1. The van der Waals surface area contributed by atoms with Gasteiger partial charge < -0.3 is 19.9 Å². The number of halogens is 3. The number of aliphatic imine (C=N–C) groups is 1. The van der Waals surface area contributed by atoms with Crippen molar-refractivity contribution in [2.24, 2.45) is 4.99 Å². The van der Waals surface area contributed by atoms with Crippen LogP contribution in [0.1, 0.15) is 35.6 Å². The van der Waals surface area contributed by atoms with Gasteiger partial charge in [-0.25, -0.2) is 17.8 Å². The SMILES string of the molecule is O=C(NCCc1ccccc1F)[C@]1(CCS(=O)(=O)c2ccccc2)N=C(c2ccc(OCCCO)cc2)O[C@@H]1c1ccc(Cl)cc1Cl. The van der Waals surface area contributed by atoms with Crippen molar-refractivity contribution in [2.45, 2.75) is 35.8 Å². The summed E-state index contributed by atoms with van der Waals surface area (Å²) in [4.78, 5) is 19.3. The molecule has 2 N–H and O–H groups in total. The Bertz CT molecular complexity index is 1840. The summed E-state index contributed by atoms with van der Waals surface area (Å²) in [6.07, 6.45) is -0.729. The third kappa shape index (κ3) is 8.13. The molecule has 1 aliphatic rings. The molecule has 4 aromatic carbocycles. The summed E-state index contributed by atoms with van der Waals surface area (Å²) >= 11 is 12.9. The van der Waals surface area contributed by atoms with E-state index in [1.165, 1.54) is 24.3 Å². The summed E-state index contributed by atoms with van der Waals surface area (Å²) in [6.45, 7) is 0.386. The van der Waals surface area contributed by atoms with Crippen molar-refractivity contribution >= 4 is 44.8 Å². The van der Waals surface area contributed by atoms with Gasteiger partial charge >= 0.3 is 0 Å². The van der Waals surface area contributed by atoms with Gasteiger partial charge in [0.1, 0.15) is 11.6 Å². The van der Waals surface area contributed by atoms with Crippen LogP contribution in [0.5, 0.6) is 5.75 Å². The van der Waals surface area contributed by atoms with E-state index in [0.29, 0.717) is 40.5 Å². The molecule has 1 heterocycles. The van der Waals surface area contributed by atoms with Crippen LogP contribution >= 0.6 is 23.2 Å². The number of amides is 1. The van der Waals surface area contributed by atoms with Gasteiger partial charge in [0.2, 0.25) is 5.90 Å². The lowest BCUT2D eigenvalue weighted by Gasteiger charge is -2.31. The summed E-state index contributed by atoms with van der Waals surface area (Å²) in [5.74, 6) is -0.776. The van der Waals surface area contributed by atoms with Crippen LogP contribution in [0.25, 0.3) is 0 Å². The van der Waals surface area contributed by atoms with Crippen LogP contribution in [0.4, 0.5) is 4.39 Å². The van der Waals surface area contributed by atoms with Crippen LogP contribution in [0.2, 0.25) is 10.0 Å². The highest BCUT2D eigenvalue weighted by atomic mass is 35.5. The Morgan fingerprint density at radius 2 is 1.72 bits per heavy atom. The van der Waals surface area contributed by atoms with Crippen molar-refractivity contribution in [3.8, 4) is 5.75 Å². The van der Waals surface area contributed by atoms with Gasteiger partial charge in [-0.05, 0) is 66.6 Å². The van der Waals surface area contributed by atoms with E-state index in [2.05, 4.69) is 5.32 Å². The number of ether oxygens (including phenoxy) is 2. The number of nitrogens with zero attached hydrogens (tertiary/aromatic N) is 1. The lowest BCUT2D eigenvalue weighted by molar-refractivity contribution is -0.129. The van der Waals surface area contributed by atoms with Crippen LogP contribution in [0.3, 0.4) is 0 Å². The van der Waals surface area contributed by atoms with E-state index in [1.807, 2.05) is 0 Å². The van der Waals surface area contributed by atoms with Gasteiger partial charge in [-0.3, -0.25) is 4.79 Å². The van der Waals surface area contributed by atoms with Gasteiger partial charge in [0.25, 0.3) is 5.91 Å². The molecular formula is C35H33Cl2FN2O6S. The first-order chi connectivity index (χ1) is 22.6. The highest BCUT2D eigenvalue weighted by Crippen LogP contribution is 2.45. The molecule has 1 amide bonds. The van der Waals surface area contributed by atoms with Crippen molar-refractivity contribution in [1.29, 1.82) is 0 Å². The molecule has 5 rings (SSSR count). The van der Waals surface area contributed by atoms with Crippen molar-refractivity contribution in [2.75, 3.05) is 25.5 Å². The van der Waals surface area contributed by atoms with Crippen molar-refractivity contribution < 1.29 is 32.2 Å². The monoisotopic (exact) mass is 698 g/mol. The highest BCUT2D eigenvalue weighted by molar-refractivity contribution is 7.91. The zero-order chi connectivity index (χ0) is 33.4. The van der Waals surface area contributed by atoms with Gasteiger partial charge in [0.15, 0.2) is 21.5 Å². The third-order valence-electron chi connectivity index (χ3n) is 7.77. The average Bonchev–Trinajstić information content (AvgIpc) is 3.46. The number of carbonyl (C=O) groups is 1. The fourth-order valence-corrected chi connectivity index (χ4v) is 7.16. The zero-order valence-corrected chi connectivity index (χ0v) is 27.6. The second-order valence-corrected chi connectivity index (χ2v) is 13.9. The molecule has 0 aromatic heterocycles. The summed E-state index contributed by atoms with van der Waals surface area (Å²) in [7, 11) is -3.85. The lowest BCUT2D eigenvalue weighted by atomic mass is 9.85. The number of hydrogen-bond acceptors (Lipinski definition) is 7. The van der Waals surface area contributed by atoms with Gasteiger partial charge in [-0.1, -0.05) is 65.7 Å². The van der Waals surface area contributed by atoms with Gasteiger partial charge in [-0.2, -0.15) is 0 Å². The van der Waals surface area contributed by atoms with Crippen LogP contribution < -0.4 is 10.1 Å². The first-order valence-electron chi connectivity index (χ1n) is 15.0. The van der Waals surface area contributed by atoms with E-state index in [4.69, 9.17) is 42.8 Å². The van der Waals surface area contributed by atoms with Gasteiger partial charge in [0.05, 0.1) is 17.3 Å². The quantitative estimate of drug-likeness (QED) is 0.148. The van der Waals surface area contributed by atoms with Crippen LogP contribution in [0, 0.1) is 5.82 Å². The number of benzene rings is 4. The molecule has 0 spiro atoms. The molecule has 0 radical (unpaired) electrons. The standard InChI is InChI=1S/C35H33Cl2FN2O6S/c36-26-13-16-29(30(37)23-26)32-35(18-22-47(43,44)28-8-2-1-3-9-28,34(42)39-19-17-24-7-4-5-10-31(24)38)40-33(46-32)25-11-14-27(15-12-25)45-21-6-20-41/h1-5,7-16,23,32,41H,6,17-22H2,(H,39,42)/t32-,35-/m1/s1. The number of aliphatic hydroxyl groups is 1. The maximum absolute atomic E-state index is 14.4. The molecule has 12 heteroatoms. The second kappa shape index (κ2) is 15.3. The molecule has 0 unspecified atom stereocenters. The largest absolute Gasteiger partial charge is 0.494 e. The molecule has 0 fully saturated rings.